The summed E-state index contributed by atoms with van der Waals surface area (Å²) in [5.41, 5.74) is 4.44. The molecule has 0 unspecified atom stereocenters. The van der Waals surface area contributed by atoms with Crippen molar-refractivity contribution in [1.29, 1.82) is 0 Å². The quantitative estimate of drug-likeness (QED) is 0.735. The summed E-state index contributed by atoms with van der Waals surface area (Å²) >= 11 is 6.30. The number of aryl methyl sites for hydroxylation is 1. The SMILES string of the molecule is Cc1c(Cl)ccc2c(C=O)c(C34CC5CC(CC(C5)C3)C4)[nH]c12. The minimum Gasteiger partial charge on any atom is -0.357 e. The number of aromatic nitrogens is 1. The van der Waals surface area contributed by atoms with Crippen molar-refractivity contribution in [2.24, 2.45) is 17.8 Å². The third-order valence-corrected chi connectivity index (χ3v) is 7.30. The van der Waals surface area contributed by atoms with Crippen LogP contribution in [0, 0.1) is 24.7 Å². The largest absolute Gasteiger partial charge is 0.357 e. The Labute approximate surface area is 141 Å². The van der Waals surface area contributed by atoms with E-state index in [9.17, 15) is 4.79 Å². The van der Waals surface area contributed by atoms with Gasteiger partial charge in [-0.05, 0) is 74.8 Å². The number of rotatable bonds is 2. The topological polar surface area (TPSA) is 32.9 Å². The smallest absolute Gasteiger partial charge is 0.152 e. The van der Waals surface area contributed by atoms with E-state index in [4.69, 9.17) is 11.6 Å². The Morgan fingerprint density at radius 1 is 1.13 bits per heavy atom. The molecule has 4 aliphatic rings. The van der Waals surface area contributed by atoms with Gasteiger partial charge in [-0.1, -0.05) is 17.7 Å². The van der Waals surface area contributed by atoms with Crippen LogP contribution in [0.5, 0.6) is 0 Å². The molecule has 1 heterocycles. The molecule has 120 valence electrons. The molecule has 3 heteroatoms. The fraction of sp³-hybridized carbons (Fsp3) is 0.550. The normalized spacial score (nSPS) is 35.1. The molecule has 0 amide bonds. The van der Waals surface area contributed by atoms with Crippen molar-refractivity contribution in [3.8, 4) is 0 Å². The summed E-state index contributed by atoms with van der Waals surface area (Å²) in [6.45, 7) is 2.04. The fourth-order valence-corrected chi connectivity index (χ4v) is 6.51. The Morgan fingerprint density at radius 3 is 2.30 bits per heavy atom. The van der Waals surface area contributed by atoms with Crippen molar-refractivity contribution in [1.82, 2.24) is 4.98 Å². The monoisotopic (exact) mass is 327 g/mol. The number of halogens is 1. The molecule has 2 aromatic rings. The van der Waals surface area contributed by atoms with Crippen LogP contribution in [0.3, 0.4) is 0 Å². The zero-order chi connectivity index (χ0) is 15.8. The number of H-pyrrole nitrogens is 1. The third kappa shape index (κ3) is 1.85. The van der Waals surface area contributed by atoms with E-state index in [1.165, 1.54) is 44.2 Å². The Bertz CT molecular complexity index is 783. The number of carbonyl (C=O) groups is 1. The molecule has 4 fully saturated rings. The average molecular weight is 328 g/mol. The molecule has 6 rings (SSSR count). The second-order valence-electron chi connectivity index (χ2n) is 8.32. The zero-order valence-electron chi connectivity index (χ0n) is 13.5. The van der Waals surface area contributed by atoms with Gasteiger partial charge in [0.1, 0.15) is 0 Å². The molecule has 2 nitrogen and oxygen atoms in total. The second-order valence-corrected chi connectivity index (χ2v) is 8.73. The van der Waals surface area contributed by atoms with Crippen molar-refractivity contribution in [2.45, 2.75) is 50.9 Å². The van der Waals surface area contributed by atoms with Crippen molar-refractivity contribution in [3.05, 3.63) is 34.0 Å². The van der Waals surface area contributed by atoms with E-state index >= 15 is 0 Å². The molecule has 0 atom stereocenters. The first kappa shape index (κ1) is 14.1. The third-order valence-electron chi connectivity index (χ3n) is 6.89. The van der Waals surface area contributed by atoms with Gasteiger partial charge < -0.3 is 4.98 Å². The number of carbonyl (C=O) groups excluding carboxylic acids is 1. The molecule has 1 aromatic carbocycles. The lowest BCUT2D eigenvalue weighted by atomic mass is 9.48. The number of aldehydes is 1. The minimum atomic E-state index is 0.211. The van der Waals surface area contributed by atoms with E-state index < -0.39 is 0 Å². The molecule has 0 radical (unpaired) electrons. The van der Waals surface area contributed by atoms with Gasteiger partial charge in [0.05, 0.1) is 5.52 Å². The maximum atomic E-state index is 11.9. The second kappa shape index (κ2) is 4.63. The summed E-state index contributed by atoms with van der Waals surface area (Å²) in [6.07, 6.45) is 9.11. The molecule has 0 aliphatic heterocycles. The minimum absolute atomic E-state index is 0.211. The summed E-state index contributed by atoms with van der Waals surface area (Å²) in [5, 5.41) is 1.82. The highest BCUT2D eigenvalue weighted by molar-refractivity contribution is 6.32. The fourth-order valence-electron chi connectivity index (χ4n) is 6.36. The van der Waals surface area contributed by atoms with Crippen LogP contribution in [0.1, 0.15) is 60.1 Å². The first-order valence-corrected chi connectivity index (χ1v) is 9.24. The van der Waals surface area contributed by atoms with Gasteiger partial charge in [-0.15, -0.1) is 0 Å². The molecule has 1 N–H and O–H groups in total. The number of aromatic amines is 1. The molecule has 4 saturated carbocycles. The summed E-state index contributed by atoms with van der Waals surface area (Å²) in [4.78, 5) is 15.6. The van der Waals surface area contributed by atoms with Gasteiger partial charge >= 0.3 is 0 Å². The van der Waals surface area contributed by atoms with Crippen molar-refractivity contribution >= 4 is 28.8 Å². The Balaban J connectivity index is 1.74. The van der Waals surface area contributed by atoms with Crippen LogP contribution >= 0.6 is 11.6 Å². The van der Waals surface area contributed by atoms with Gasteiger partial charge in [0, 0.05) is 27.1 Å². The molecule has 4 bridgehead atoms. The maximum Gasteiger partial charge on any atom is 0.152 e. The van der Waals surface area contributed by atoms with E-state index in [0.29, 0.717) is 0 Å². The van der Waals surface area contributed by atoms with Crippen LogP contribution in [0.25, 0.3) is 10.9 Å². The molecule has 23 heavy (non-hydrogen) atoms. The molecular formula is C20H22ClNO. The molecule has 1 aromatic heterocycles. The standard InChI is InChI=1S/C20H22ClNO/c1-11-17(21)3-2-15-16(10-23)19(22-18(11)15)20-7-12-4-13(8-20)6-14(5-12)9-20/h2-3,10,12-14,22H,4-9H2,1H3. The van der Waals surface area contributed by atoms with E-state index in [0.717, 1.165) is 51.1 Å². The summed E-state index contributed by atoms with van der Waals surface area (Å²) in [7, 11) is 0. The van der Waals surface area contributed by atoms with E-state index in [-0.39, 0.29) is 5.41 Å². The first-order chi connectivity index (χ1) is 11.1. The lowest BCUT2D eigenvalue weighted by molar-refractivity contribution is -0.00710. The summed E-state index contributed by atoms with van der Waals surface area (Å²) in [5.74, 6) is 2.62. The number of benzene rings is 1. The van der Waals surface area contributed by atoms with Crippen LogP contribution in [-0.4, -0.2) is 11.3 Å². The lowest BCUT2D eigenvalue weighted by Gasteiger charge is -2.56. The number of fused-ring (bicyclic) bond motifs is 1. The van der Waals surface area contributed by atoms with E-state index in [2.05, 4.69) is 4.98 Å². The van der Waals surface area contributed by atoms with Crippen molar-refractivity contribution in [2.75, 3.05) is 0 Å². The van der Waals surface area contributed by atoms with Gasteiger partial charge in [0.15, 0.2) is 6.29 Å². The zero-order valence-corrected chi connectivity index (χ0v) is 14.2. The predicted molar refractivity (Wildman–Crippen MR) is 93.3 cm³/mol. The summed E-state index contributed by atoms with van der Waals surface area (Å²) < 4.78 is 0. The Morgan fingerprint density at radius 2 is 1.74 bits per heavy atom. The van der Waals surface area contributed by atoms with E-state index in [1.54, 1.807) is 0 Å². The van der Waals surface area contributed by atoms with Gasteiger partial charge in [0.2, 0.25) is 0 Å². The number of nitrogens with one attached hydrogen (secondary N) is 1. The highest BCUT2D eigenvalue weighted by Gasteiger charge is 2.53. The lowest BCUT2D eigenvalue weighted by Crippen LogP contribution is -2.49. The number of hydrogen-bond donors (Lipinski definition) is 1. The highest BCUT2D eigenvalue weighted by atomic mass is 35.5. The first-order valence-electron chi connectivity index (χ1n) is 8.86. The average Bonchev–Trinajstić information content (AvgIpc) is 2.90. The Hall–Kier alpha value is -1.28. The Kier molecular flexibility index (Phi) is 2.84. The van der Waals surface area contributed by atoms with Gasteiger partial charge in [0.25, 0.3) is 0 Å². The molecule has 0 saturated heterocycles. The van der Waals surface area contributed by atoms with E-state index in [1.807, 2.05) is 19.1 Å². The molecule has 0 spiro atoms. The van der Waals surface area contributed by atoms with Crippen LogP contribution < -0.4 is 0 Å². The van der Waals surface area contributed by atoms with Crippen LogP contribution in [0.4, 0.5) is 0 Å². The van der Waals surface area contributed by atoms with Gasteiger partial charge in [-0.3, -0.25) is 4.79 Å². The van der Waals surface area contributed by atoms with Crippen LogP contribution in [0.15, 0.2) is 12.1 Å². The van der Waals surface area contributed by atoms with Gasteiger partial charge in [-0.25, -0.2) is 0 Å². The van der Waals surface area contributed by atoms with Gasteiger partial charge in [-0.2, -0.15) is 0 Å². The van der Waals surface area contributed by atoms with Crippen molar-refractivity contribution in [3.63, 3.8) is 0 Å². The highest BCUT2D eigenvalue weighted by Crippen LogP contribution is 2.61. The van der Waals surface area contributed by atoms with Crippen LogP contribution in [0.2, 0.25) is 5.02 Å². The summed E-state index contributed by atoms with van der Waals surface area (Å²) in [6, 6.07) is 3.93. The maximum absolute atomic E-state index is 11.9. The number of hydrogen-bond acceptors (Lipinski definition) is 1. The molecular weight excluding hydrogens is 306 g/mol. The molecule has 4 aliphatic carbocycles. The van der Waals surface area contributed by atoms with Crippen LogP contribution in [-0.2, 0) is 5.41 Å². The van der Waals surface area contributed by atoms with Crippen molar-refractivity contribution < 1.29 is 4.79 Å². The predicted octanol–water partition coefficient (Wildman–Crippen LogP) is 5.41.